The highest BCUT2D eigenvalue weighted by Gasteiger charge is 2.39. The second-order valence-corrected chi connectivity index (χ2v) is 11.7. The first-order valence-corrected chi connectivity index (χ1v) is 15.3. The molecule has 2 aliphatic heterocycles. The van der Waals surface area contributed by atoms with Crippen LogP contribution in [0.5, 0.6) is 0 Å². The molecule has 3 aromatic rings. The zero-order valence-electron chi connectivity index (χ0n) is 24.8. The third-order valence-corrected chi connectivity index (χ3v) is 8.85. The summed E-state index contributed by atoms with van der Waals surface area (Å²) in [6.45, 7) is 6.11. The van der Waals surface area contributed by atoms with Crippen LogP contribution in [0, 0.1) is 0 Å². The van der Waals surface area contributed by atoms with Crippen LogP contribution in [-0.2, 0) is 14.3 Å². The summed E-state index contributed by atoms with van der Waals surface area (Å²) < 4.78 is 4.96. The van der Waals surface area contributed by atoms with E-state index in [0.29, 0.717) is 32.9 Å². The van der Waals surface area contributed by atoms with E-state index in [4.69, 9.17) is 9.73 Å². The van der Waals surface area contributed by atoms with Crippen molar-refractivity contribution in [2.45, 2.75) is 20.8 Å². The van der Waals surface area contributed by atoms with Crippen LogP contribution in [0.15, 0.2) is 105 Å². The van der Waals surface area contributed by atoms with E-state index in [9.17, 15) is 14.4 Å². The molecule has 2 heterocycles. The van der Waals surface area contributed by atoms with Crippen molar-refractivity contribution in [2.24, 2.45) is 4.99 Å². The molecule has 0 aromatic heterocycles. The van der Waals surface area contributed by atoms with Crippen molar-refractivity contribution in [2.75, 3.05) is 32.6 Å². The Morgan fingerprint density at radius 2 is 1.58 bits per heavy atom. The van der Waals surface area contributed by atoms with Crippen molar-refractivity contribution >= 4 is 63.4 Å². The minimum atomic E-state index is -0.407. The number of anilines is 1. The molecule has 0 radical (unpaired) electrons. The lowest BCUT2D eigenvalue weighted by molar-refractivity contribution is -0.140. The normalized spacial score (nSPS) is 17.2. The molecular formula is C33H34N4O4S2. The SMILES string of the molecule is CCNc1ccc(C(C)=O)cc1N=C1S/C(=C2\SC(C)=C(c3ccccc3)N2CC(=O)OC)C(=O)N1C.c1ccccc1. The number of allylic oxidation sites excluding steroid dienone is 1. The summed E-state index contributed by atoms with van der Waals surface area (Å²) in [5.41, 5.74) is 3.70. The molecule has 5 rings (SSSR count). The van der Waals surface area contributed by atoms with Crippen LogP contribution >= 0.6 is 23.5 Å². The largest absolute Gasteiger partial charge is 0.468 e. The van der Waals surface area contributed by atoms with Crippen LogP contribution in [0.4, 0.5) is 11.4 Å². The number of Topliss-reactive ketones (excluding diaryl/α,β-unsaturated/α-hetero) is 1. The first kappa shape index (κ1) is 31.7. The van der Waals surface area contributed by atoms with Crippen molar-refractivity contribution in [3.63, 3.8) is 0 Å². The number of thioether (sulfide) groups is 2. The van der Waals surface area contributed by atoms with Gasteiger partial charge in [0.25, 0.3) is 5.91 Å². The second-order valence-electron chi connectivity index (χ2n) is 9.50. The number of carbonyl (C=O) groups excluding carboxylic acids is 3. The molecule has 1 N–H and O–H groups in total. The molecule has 0 spiro atoms. The Hall–Kier alpha value is -4.28. The molecule has 0 bridgehead atoms. The third-order valence-electron chi connectivity index (χ3n) is 6.49. The zero-order chi connectivity index (χ0) is 30.9. The van der Waals surface area contributed by atoms with Crippen LogP contribution in [-0.4, -0.2) is 59.9 Å². The van der Waals surface area contributed by atoms with Crippen molar-refractivity contribution in [1.82, 2.24) is 9.80 Å². The number of methoxy groups -OCH3 is 1. The summed E-state index contributed by atoms with van der Waals surface area (Å²) in [5.74, 6) is -0.682. The van der Waals surface area contributed by atoms with Crippen molar-refractivity contribution in [1.29, 1.82) is 0 Å². The Balaban J connectivity index is 0.000000628. The number of amides is 1. The van der Waals surface area contributed by atoms with Gasteiger partial charge < -0.3 is 15.0 Å². The number of hydrogen-bond acceptors (Lipinski definition) is 9. The predicted molar refractivity (Wildman–Crippen MR) is 177 cm³/mol. The number of hydrogen-bond donors (Lipinski definition) is 1. The van der Waals surface area contributed by atoms with E-state index < -0.39 is 5.97 Å². The topological polar surface area (TPSA) is 91.3 Å². The number of benzene rings is 3. The molecule has 0 unspecified atom stereocenters. The summed E-state index contributed by atoms with van der Waals surface area (Å²) in [7, 11) is 3.02. The van der Waals surface area contributed by atoms with Crippen LogP contribution in [0.1, 0.15) is 36.7 Å². The average Bonchev–Trinajstić information content (AvgIpc) is 3.49. The van der Waals surface area contributed by atoms with Gasteiger partial charge in [0.15, 0.2) is 11.0 Å². The zero-order valence-corrected chi connectivity index (χ0v) is 26.4. The van der Waals surface area contributed by atoms with E-state index in [1.807, 2.05) is 91.5 Å². The van der Waals surface area contributed by atoms with Gasteiger partial charge >= 0.3 is 5.97 Å². The number of ketones is 1. The van der Waals surface area contributed by atoms with Gasteiger partial charge in [-0.05, 0) is 56.3 Å². The fourth-order valence-corrected chi connectivity index (χ4v) is 6.63. The lowest BCUT2D eigenvalue weighted by Crippen LogP contribution is -2.28. The molecule has 10 heteroatoms. The van der Waals surface area contributed by atoms with Gasteiger partial charge in [-0.1, -0.05) is 78.5 Å². The van der Waals surface area contributed by atoms with Gasteiger partial charge in [-0.25, -0.2) is 4.99 Å². The molecule has 43 heavy (non-hydrogen) atoms. The summed E-state index contributed by atoms with van der Waals surface area (Å²) in [6.07, 6.45) is 0. The minimum Gasteiger partial charge on any atom is -0.468 e. The van der Waals surface area contributed by atoms with Gasteiger partial charge in [0.1, 0.15) is 16.5 Å². The monoisotopic (exact) mass is 614 g/mol. The number of amidine groups is 1. The number of nitrogens with zero attached hydrogens (tertiary/aromatic N) is 3. The molecule has 3 aromatic carbocycles. The molecule has 0 aliphatic carbocycles. The van der Waals surface area contributed by atoms with Gasteiger partial charge in [0, 0.05) is 24.1 Å². The van der Waals surface area contributed by atoms with Gasteiger partial charge in [-0.2, -0.15) is 0 Å². The molecule has 2 aliphatic rings. The maximum Gasteiger partial charge on any atom is 0.325 e. The number of ether oxygens (including phenoxy) is 1. The average molecular weight is 615 g/mol. The number of likely N-dealkylation sites (N-methyl/N-ethyl adjacent to an activating group) is 1. The van der Waals surface area contributed by atoms with Crippen LogP contribution < -0.4 is 5.32 Å². The number of esters is 1. The van der Waals surface area contributed by atoms with Gasteiger partial charge in [0.05, 0.1) is 24.2 Å². The molecule has 0 atom stereocenters. The Kier molecular flexibility index (Phi) is 10.9. The summed E-state index contributed by atoms with van der Waals surface area (Å²) >= 11 is 2.70. The van der Waals surface area contributed by atoms with Crippen LogP contribution in [0.2, 0.25) is 0 Å². The third kappa shape index (κ3) is 7.57. The molecule has 8 nitrogen and oxygen atoms in total. The molecule has 1 amide bonds. The molecular weight excluding hydrogens is 581 g/mol. The van der Waals surface area contributed by atoms with Gasteiger partial charge in [-0.15, -0.1) is 0 Å². The maximum absolute atomic E-state index is 13.5. The highest BCUT2D eigenvalue weighted by molar-refractivity contribution is 8.19. The second kappa shape index (κ2) is 14.8. The minimum absolute atomic E-state index is 0.0286. The Morgan fingerprint density at radius 3 is 2.16 bits per heavy atom. The number of nitrogens with one attached hydrogen (secondary N) is 1. The summed E-state index contributed by atoms with van der Waals surface area (Å²) in [4.78, 5) is 47.4. The molecule has 222 valence electrons. The van der Waals surface area contributed by atoms with E-state index in [1.165, 1.54) is 42.5 Å². The van der Waals surface area contributed by atoms with Crippen LogP contribution in [0.25, 0.3) is 5.70 Å². The van der Waals surface area contributed by atoms with E-state index in [-0.39, 0.29) is 18.2 Å². The highest BCUT2D eigenvalue weighted by Crippen LogP contribution is 2.50. The number of carbonyl (C=O) groups is 3. The van der Waals surface area contributed by atoms with E-state index in [2.05, 4.69) is 5.32 Å². The number of rotatable bonds is 7. The molecule has 1 fully saturated rings. The quantitative estimate of drug-likeness (QED) is 0.173. The van der Waals surface area contributed by atoms with Gasteiger partial charge in [0.2, 0.25) is 0 Å². The van der Waals surface area contributed by atoms with E-state index in [0.717, 1.165) is 21.9 Å². The first-order valence-electron chi connectivity index (χ1n) is 13.7. The Labute approximate surface area is 260 Å². The predicted octanol–water partition coefficient (Wildman–Crippen LogP) is 6.98. The van der Waals surface area contributed by atoms with E-state index in [1.54, 1.807) is 19.2 Å². The van der Waals surface area contributed by atoms with Crippen molar-refractivity contribution < 1.29 is 19.1 Å². The maximum atomic E-state index is 13.5. The first-order chi connectivity index (χ1) is 20.7. The summed E-state index contributed by atoms with van der Waals surface area (Å²) in [6, 6.07) is 27.1. The lowest BCUT2D eigenvalue weighted by atomic mass is 10.1. The molecule has 0 saturated carbocycles. The Bertz CT molecular complexity index is 1560. The van der Waals surface area contributed by atoms with Crippen molar-refractivity contribution in [3.05, 3.63) is 111 Å². The fraction of sp³-hybridized carbons (Fsp3) is 0.212. The Morgan fingerprint density at radius 1 is 0.953 bits per heavy atom. The standard InChI is InChI=1S/C27H28N4O4S2.C6H6/c1-6-28-20-13-12-19(16(2)32)14-21(20)29-27-30(4)25(34)24(37-27)26-31(15-22(33)35-5)23(17(3)36-26)18-10-8-7-9-11-18;1-2-4-6-5-3-1/h7-14,28H,6,15H2,1-5H3;1-6H/b26-24-,29-27?;. The van der Waals surface area contributed by atoms with Crippen molar-refractivity contribution in [3.8, 4) is 0 Å². The lowest BCUT2D eigenvalue weighted by Gasteiger charge is -2.23. The highest BCUT2D eigenvalue weighted by atomic mass is 32.2. The smallest absolute Gasteiger partial charge is 0.325 e. The van der Waals surface area contributed by atoms with E-state index >= 15 is 0 Å². The number of aliphatic imine (C=N–C) groups is 1. The fourth-order valence-electron chi connectivity index (χ4n) is 4.36. The summed E-state index contributed by atoms with van der Waals surface area (Å²) in [5, 5.41) is 4.41. The molecule has 1 saturated heterocycles. The van der Waals surface area contributed by atoms with Gasteiger partial charge in [-0.3, -0.25) is 19.3 Å². The van der Waals surface area contributed by atoms with Crippen LogP contribution in [0.3, 0.4) is 0 Å².